The van der Waals surface area contributed by atoms with E-state index in [4.69, 9.17) is 14.7 Å². The zero-order valence-electron chi connectivity index (χ0n) is 28.4. The lowest BCUT2D eigenvalue weighted by Gasteiger charge is -2.20. The molecular weight excluding hydrogens is 590 g/mol. The Morgan fingerprint density at radius 2 is 1.46 bits per heavy atom. The van der Waals surface area contributed by atoms with E-state index in [1.54, 1.807) is 0 Å². The topological polar surface area (TPSA) is 47.6 Å². The smallest absolute Gasteiger partial charge is 0.200 e. The highest BCUT2D eigenvalue weighted by Gasteiger charge is 2.36. The minimum absolute atomic E-state index is 0.0113. The fourth-order valence-electron chi connectivity index (χ4n) is 7.37. The lowest BCUT2D eigenvalue weighted by atomic mass is 9.88. The van der Waals surface area contributed by atoms with Crippen molar-refractivity contribution in [2.45, 2.75) is 47.0 Å². The summed E-state index contributed by atoms with van der Waals surface area (Å²) in [6, 6.07) is 36.3. The predicted octanol–water partition coefficient (Wildman–Crippen LogP) is 9.55. The van der Waals surface area contributed by atoms with E-state index in [0.717, 1.165) is 46.5 Å². The Morgan fingerprint density at radius 1 is 0.688 bits per heavy atom. The molecule has 0 amide bonds. The van der Waals surface area contributed by atoms with Gasteiger partial charge in [0.1, 0.15) is 23.0 Å². The Labute approximate surface area is 281 Å². The van der Waals surface area contributed by atoms with Crippen LogP contribution in [-0.2, 0) is 5.41 Å². The maximum Gasteiger partial charge on any atom is 0.200 e. The number of rotatable bonds is 5. The predicted molar refractivity (Wildman–Crippen MR) is 196 cm³/mol. The third-order valence-electron chi connectivity index (χ3n) is 9.51. The van der Waals surface area contributed by atoms with Gasteiger partial charge in [0.2, 0.25) is 0 Å². The van der Waals surface area contributed by atoms with Crippen molar-refractivity contribution in [3.05, 3.63) is 138 Å². The van der Waals surface area contributed by atoms with Gasteiger partial charge in [-0.2, -0.15) is 0 Å². The lowest BCUT2D eigenvalue weighted by molar-refractivity contribution is -0.752. The molecule has 0 aliphatic carbocycles. The fourth-order valence-corrected chi connectivity index (χ4v) is 7.37. The number of para-hydroxylation sites is 1. The number of hydrogen-bond acceptors (Lipinski definition) is 4. The average Bonchev–Trinajstić information content (AvgIpc) is 3.60. The van der Waals surface area contributed by atoms with Gasteiger partial charge in [0.25, 0.3) is 0 Å². The largest absolute Gasteiger partial charge is 0.457 e. The molecule has 6 nitrogen and oxygen atoms in total. The van der Waals surface area contributed by atoms with Crippen LogP contribution in [0.2, 0.25) is 0 Å². The van der Waals surface area contributed by atoms with Gasteiger partial charge in [-0.3, -0.25) is 9.47 Å². The van der Waals surface area contributed by atoms with Gasteiger partial charge in [-0.15, -0.1) is 0 Å². The summed E-state index contributed by atoms with van der Waals surface area (Å²) in [4.78, 5) is 13.3. The molecule has 0 fully saturated rings. The van der Waals surface area contributed by atoms with Crippen molar-refractivity contribution in [3.63, 3.8) is 0 Å². The minimum Gasteiger partial charge on any atom is -0.457 e. The SMILES string of the molecule is Cc1cc(C)c([NH+]2CN(c3cccc(Oc4ccc5c6ccccc6n(-c6cc(C(C)(C)C)ccn6)c5c4)c3)c3ncccc32)c(C)c1. The number of nitrogens with one attached hydrogen (secondary N) is 1. The zero-order valence-corrected chi connectivity index (χ0v) is 28.4. The quantitative estimate of drug-likeness (QED) is 0.206. The van der Waals surface area contributed by atoms with Gasteiger partial charge < -0.3 is 4.74 Å². The highest BCUT2D eigenvalue weighted by molar-refractivity contribution is 6.09. The van der Waals surface area contributed by atoms with Crippen molar-refractivity contribution >= 4 is 44.7 Å². The third kappa shape index (κ3) is 5.09. The second-order valence-corrected chi connectivity index (χ2v) is 14.0. The van der Waals surface area contributed by atoms with Crippen molar-refractivity contribution in [1.29, 1.82) is 0 Å². The summed E-state index contributed by atoms with van der Waals surface area (Å²) in [6.45, 7) is 14.0. The molecule has 0 bridgehead atoms. The molecule has 4 aromatic carbocycles. The first-order valence-corrected chi connectivity index (χ1v) is 16.6. The van der Waals surface area contributed by atoms with Gasteiger partial charge in [0, 0.05) is 52.5 Å². The summed E-state index contributed by atoms with van der Waals surface area (Å²) in [6.07, 6.45) is 3.79. The number of nitrogens with zero attached hydrogens (tertiary/aromatic N) is 4. The van der Waals surface area contributed by atoms with Crippen molar-refractivity contribution < 1.29 is 9.64 Å². The summed E-state index contributed by atoms with van der Waals surface area (Å²) >= 11 is 0. The van der Waals surface area contributed by atoms with Crippen LogP contribution in [0.5, 0.6) is 11.5 Å². The maximum absolute atomic E-state index is 6.61. The number of benzene rings is 4. The van der Waals surface area contributed by atoms with E-state index in [9.17, 15) is 0 Å². The van der Waals surface area contributed by atoms with Crippen molar-refractivity contribution in [1.82, 2.24) is 14.5 Å². The van der Waals surface area contributed by atoms with E-state index in [-0.39, 0.29) is 5.41 Å². The van der Waals surface area contributed by atoms with Crippen LogP contribution in [0.15, 0.2) is 116 Å². The van der Waals surface area contributed by atoms with Crippen LogP contribution in [-0.4, -0.2) is 21.2 Å². The van der Waals surface area contributed by atoms with Gasteiger partial charge >= 0.3 is 0 Å². The van der Waals surface area contributed by atoms with Gasteiger partial charge in [0.15, 0.2) is 18.2 Å². The van der Waals surface area contributed by atoms with Crippen LogP contribution < -0.4 is 14.5 Å². The summed E-state index contributed by atoms with van der Waals surface area (Å²) < 4.78 is 8.87. The highest BCUT2D eigenvalue weighted by Crippen LogP contribution is 2.38. The molecule has 1 N–H and O–H groups in total. The molecule has 0 radical (unpaired) electrons. The molecule has 3 aromatic heterocycles. The Kier molecular flexibility index (Phi) is 7.08. The number of aryl methyl sites for hydroxylation is 3. The van der Waals surface area contributed by atoms with Gasteiger partial charge in [-0.05, 0) is 80.3 Å². The first-order chi connectivity index (χ1) is 23.2. The first kappa shape index (κ1) is 29.9. The monoisotopic (exact) mass is 630 g/mol. The van der Waals surface area contributed by atoms with E-state index in [2.05, 4.69) is 142 Å². The Morgan fingerprint density at radius 3 is 2.27 bits per heavy atom. The molecule has 4 heterocycles. The van der Waals surface area contributed by atoms with Crippen molar-refractivity contribution in [3.8, 4) is 17.3 Å². The highest BCUT2D eigenvalue weighted by atomic mass is 16.5. The Hall–Kier alpha value is -5.46. The number of aromatic nitrogens is 3. The third-order valence-corrected chi connectivity index (χ3v) is 9.51. The van der Waals surface area contributed by atoms with E-state index in [0.29, 0.717) is 0 Å². The van der Waals surface area contributed by atoms with E-state index in [1.165, 1.54) is 49.3 Å². The van der Waals surface area contributed by atoms with E-state index < -0.39 is 0 Å². The molecule has 1 atom stereocenters. The van der Waals surface area contributed by atoms with Crippen LogP contribution in [0.1, 0.15) is 43.0 Å². The van der Waals surface area contributed by atoms with Crippen LogP contribution >= 0.6 is 0 Å². The minimum atomic E-state index is 0.0113. The Bertz CT molecular complexity index is 2320. The van der Waals surface area contributed by atoms with E-state index in [1.807, 2.05) is 24.5 Å². The molecule has 1 aliphatic rings. The summed E-state index contributed by atoms with van der Waals surface area (Å²) in [5, 5.41) is 2.36. The van der Waals surface area contributed by atoms with Gasteiger partial charge in [0.05, 0.1) is 16.7 Å². The number of quaternary nitrogens is 1. The van der Waals surface area contributed by atoms with Crippen molar-refractivity contribution in [2.75, 3.05) is 11.6 Å². The summed E-state index contributed by atoms with van der Waals surface area (Å²) in [5.74, 6) is 3.42. The first-order valence-electron chi connectivity index (χ1n) is 16.6. The van der Waals surface area contributed by atoms with Crippen LogP contribution in [0.3, 0.4) is 0 Å². The molecule has 0 saturated carbocycles. The summed E-state index contributed by atoms with van der Waals surface area (Å²) in [5.41, 5.74) is 10.9. The molecule has 6 heteroatoms. The lowest BCUT2D eigenvalue weighted by Crippen LogP contribution is -3.02. The average molecular weight is 631 g/mol. The molecule has 1 unspecified atom stereocenters. The Balaban J connectivity index is 1.16. The standard InChI is InChI=1S/C42H39N5O/c1-27-21-28(2)40(29(3)22-27)46-26-45(41-37(46)15-10-19-44-41)31-11-9-12-32(24-31)48-33-16-17-35-34-13-7-8-14-36(34)47(38(35)25-33)39-23-30(18-20-43-39)42(4,5)6/h7-25H,26H2,1-6H3/p+1. The molecule has 238 valence electrons. The molecule has 0 saturated heterocycles. The maximum atomic E-state index is 6.61. The second-order valence-electron chi connectivity index (χ2n) is 14.0. The molecule has 8 rings (SSSR count). The van der Waals surface area contributed by atoms with Crippen LogP contribution in [0, 0.1) is 20.8 Å². The van der Waals surface area contributed by atoms with Crippen molar-refractivity contribution in [2.24, 2.45) is 0 Å². The number of pyridine rings is 2. The molecule has 1 aliphatic heterocycles. The van der Waals surface area contributed by atoms with Gasteiger partial charge in [-0.1, -0.05) is 62.7 Å². The molecule has 48 heavy (non-hydrogen) atoms. The number of fused-ring (bicyclic) bond motifs is 4. The zero-order chi connectivity index (χ0) is 33.2. The molecule has 7 aromatic rings. The van der Waals surface area contributed by atoms with Crippen LogP contribution in [0.4, 0.5) is 22.9 Å². The molecular formula is C42H40N5O+. The number of anilines is 2. The van der Waals surface area contributed by atoms with Gasteiger partial charge in [-0.25, -0.2) is 14.9 Å². The number of hydrogen-bond donors (Lipinski definition) is 1. The van der Waals surface area contributed by atoms with E-state index >= 15 is 0 Å². The fraction of sp³-hybridized carbons (Fsp3) is 0.190. The normalized spacial score (nSPS) is 14.5. The molecule has 0 spiro atoms. The van der Waals surface area contributed by atoms with Crippen LogP contribution in [0.25, 0.3) is 27.6 Å². The summed E-state index contributed by atoms with van der Waals surface area (Å²) in [7, 11) is 0. The second kappa shape index (κ2) is 11.4. The number of ether oxygens (including phenoxy) is 1.